The summed E-state index contributed by atoms with van der Waals surface area (Å²) in [6.45, 7) is 0.424. The average Bonchev–Trinajstić information content (AvgIpc) is 3.42. The third kappa shape index (κ3) is 3.83. The van der Waals surface area contributed by atoms with E-state index in [2.05, 4.69) is 65.0 Å². The average molecular weight is 609 g/mol. The van der Waals surface area contributed by atoms with E-state index in [0.29, 0.717) is 12.4 Å². The Hall–Kier alpha value is -1.77. The number of amides is 2. The molecular weight excluding hydrogens is 592 g/mol. The van der Waals surface area contributed by atoms with Crippen molar-refractivity contribution >= 4 is 65.8 Å². The monoisotopic (exact) mass is 606 g/mol. The Morgan fingerprint density at radius 2 is 1.55 bits per heavy atom. The van der Waals surface area contributed by atoms with Crippen molar-refractivity contribution in [3.05, 3.63) is 73.1 Å². The second kappa shape index (κ2) is 8.30. The summed E-state index contributed by atoms with van der Waals surface area (Å²) in [6, 6.07) is 11.6. The molecule has 2 bridgehead atoms. The molecule has 31 heavy (non-hydrogen) atoms. The number of benzene rings is 2. The van der Waals surface area contributed by atoms with Gasteiger partial charge in [0.2, 0.25) is 0 Å². The molecule has 5 rings (SSSR count). The Morgan fingerprint density at radius 3 is 2.13 bits per heavy atom. The Kier molecular flexibility index (Phi) is 5.65. The summed E-state index contributed by atoms with van der Waals surface area (Å²) in [5.41, 5.74) is 1.79. The first-order valence-electron chi connectivity index (χ1n) is 9.89. The Labute approximate surface area is 204 Å². The van der Waals surface area contributed by atoms with E-state index in [-0.39, 0.29) is 35.5 Å². The van der Waals surface area contributed by atoms with Crippen LogP contribution in [0.15, 0.2) is 67.1 Å². The smallest absolute Gasteiger partial charge is 0.254 e. The van der Waals surface area contributed by atoms with E-state index in [9.17, 15) is 9.59 Å². The van der Waals surface area contributed by atoms with Crippen LogP contribution in [0.25, 0.3) is 0 Å². The number of ether oxygens (including phenoxy) is 1. The van der Waals surface area contributed by atoms with Gasteiger partial charge in [-0.1, -0.05) is 40.2 Å². The van der Waals surface area contributed by atoms with E-state index in [4.69, 9.17) is 4.74 Å². The van der Waals surface area contributed by atoms with E-state index >= 15 is 0 Å². The zero-order chi connectivity index (χ0) is 21.7. The largest absolute Gasteiger partial charge is 0.487 e. The maximum Gasteiger partial charge on any atom is 0.254 e. The molecule has 2 fully saturated rings. The fraction of sp³-hybridized carbons (Fsp3) is 0.261. The van der Waals surface area contributed by atoms with Gasteiger partial charge in [-0.15, -0.1) is 0 Å². The lowest BCUT2D eigenvalue weighted by molar-refractivity contribution is -0.140. The number of carbonyl (C=O) groups is 2. The van der Waals surface area contributed by atoms with Crippen molar-refractivity contribution in [2.24, 2.45) is 28.8 Å². The third-order valence-electron chi connectivity index (χ3n) is 6.09. The molecule has 1 heterocycles. The lowest BCUT2D eigenvalue weighted by Crippen LogP contribution is -2.28. The minimum Gasteiger partial charge on any atom is -0.487 e. The number of hydrazone groups is 1. The molecule has 2 aromatic carbocycles. The molecule has 0 unspecified atom stereocenters. The van der Waals surface area contributed by atoms with Crippen LogP contribution in [0.1, 0.15) is 17.5 Å². The molecule has 0 spiro atoms. The van der Waals surface area contributed by atoms with Crippen LogP contribution in [0.4, 0.5) is 0 Å². The summed E-state index contributed by atoms with van der Waals surface area (Å²) in [4.78, 5) is 25.5. The quantitative estimate of drug-likeness (QED) is 0.249. The van der Waals surface area contributed by atoms with Gasteiger partial charge in [0.05, 0.1) is 27.0 Å². The SMILES string of the molecule is O=C1[C@@H]2[C@H](C(=O)N1/N=C\c1cc(Br)c(OCc3ccc(Br)cc3)c(Br)c1)[C@H]1C=C[C@H]2C1. The number of hydrogen-bond donors (Lipinski definition) is 0. The fourth-order valence-electron chi connectivity index (χ4n) is 4.65. The molecule has 2 aromatic rings. The van der Waals surface area contributed by atoms with Gasteiger partial charge in [0.15, 0.2) is 0 Å². The number of rotatable bonds is 5. The molecule has 8 heteroatoms. The molecule has 0 radical (unpaired) electrons. The van der Waals surface area contributed by atoms with E-state index in [1.54, 1.807) is 6.21 Å². The van der Waals surface area contributed by atoms with Crippen LogP contribution >= 0.6 is 47.8 Å². The Morgan fingerprint density at radius 1 is 0.968 bits per heavy atom. The van der Waals surface area contributed by atoms with Crippen LogP contribution in [0, 0.1) is 23.7 Å². The molecule has 1 saturated heterocycles. The van der Waals surface area contributed by atoms with Gasteiger partial charge in [-0.3, -0.25) is 9.59 Å². The summed E-state index contributed by atoms with van der Waals surface area (Å²) < 4.78 is 8.48. The summed E-state index contributed by atoms with van der Waals surface area (Å²) >= 11 is 10.5. The zero-order valence-electron chi connectivity index (χ0n) is 16.2. The number of halogens is 3. The van der Waals surface area contributed by atoms with Gasteiger partial charge < -0.3 is 4.74 Å². The van der Waals surface area contributed by atoms with Crippen LogP contribution in [-0.2, 0) is 16.2 Å². The number of hydrogen-bond acceptors (Lipinski definition) is 4. The highest BCUT2D eigenvalue weighted by Crippen LogP contribution is 2.52. The van der Waals surface area contributed by atoms with Crippen LogP contribution in [0.3, 0.4) is 0 Å². The summed E-state index contributed by atoms with van der Waals surface area (Å²) in [7, 11) is 0. The molecule has 2 amide bonds. The van der Waals surface area contributed by atoms with Gasteiger partial charge in [-0.25, -0.2) is 0 Å². The maximum absolute atomic E-state index is 12.8. The van der Waals surface area contributed by atoms with Crippen molar-refractivity contribution < 1.29 is 14.3 Å². The second-order valence-corrected chi connectivity index (χ2v) is 10.6. The van der Waals surface area contributed by atoms with Gasteiger partial charge in [0.25, 0.3) is 11.8 Å². The van der Waals surface area contributed by atoms with Crippen LogP contribution < -0.4 is 4.74 Å². The first-order chi connectivity index (χ1) is 14.9. The number of imide groups is 1. The first kappa shape index (κ1) is 21.1. The van der Waals surface area contributed by atoms with Gasteiger partial charge in [0, 0.05) is 4.47 Å². The Balaban J connectivity index is 1.30. The van der Waals surface area contributed by atoms with Crippen molar-refractivity contribution in [3.8, 4) is 5.75 Å². The lowest BCUT2D eigenvalue weighted by atomic mass is 9.85. The molecular formula is C23H17Br3N2O3. The lowest BCUT2D eigenvalue weighted by Gasteiger charge is -2.13. The molecule has 0 N–H and O–H groups in total. The third-order valence-corrected chi connectivity index (χ3v) is 7.79. The van der Waals surface area contributed by atoms with Crippen molar-refractivity contribution in [1.29, 1.82) is 0 Å². The number of fused-ring (bicyclic) bond motifs is 5. The summed E-state index contributed by atoms with van der Waals surface area (Å²) in [6.07, 6.45) is 6.60. The van der Waals surface area contributed by atoms with Gasteiger partial charge in [-0.05, 0) is 85.5 Å². The predicted octanol–water partition coefficient (Wildman–Crippen LogP) is 5.69. The fourth-order valence-corrected chi connectivity index (χ4v) is 6.37. The molecule has 3 aliphatic rings. The standard InChI is InChI=1S/C23H17Br3N2O3/c24-16-5-1-12(2-6-16)11-31-21-17(25)7-13(8-18(21)26)10-27-28-22(29)19-14-3-4-15(9-14)20(19)23(28)30/h1-8,10,14-15,19-20H,9,11H2/b27-10-/t14-,15-,19-,20+/m0/s1. The molecule has 158 valence electrons. The predicted molar refractivity (Wildman–Crippen MR) is 127 cm³/mol. The molecule has 2 aliphatic carbocycles. The van der Waals surface area contributed by atoms with E-state index in [0.717, 1.165) is 36.0 Å². The highest BCUT2D eigenvalue weighted by atomic mass is 79.9. The van der Waals surface area contributed by atoms with Crippen molar-refractivity contribution in [3.63, 3.8) is 0 Å². The molecule has 0 aromatic heterocycles. The molecule has 1 saturated carbocycles. The number of allylic oxidation sites excluding steroid dienone is 2. The highest BCUT2D eigenvalue weighted by molar-refractivity contribution is 9.11. The van der Waals surface area contributed by atoms with Crippen LogP contribution in [-0.4, -0.2) is 23.0 Å². The molecule has 1 aliphatic heterocycles. The highest BCUT2D eigenvalue weighted by Gasteiger charge is 2.59. The van der Waals surface area contributed by atoms with Crippen molar-refractivity contribution in [2.75, 3.05) is 0 Å². The summed E-state index contributed by atoms with van der Waals surface area (Å²) in [5, 5.41) is 5.30. The van der Waals surface area contributed by atoms with Crippen LogP contribution in [0.2, 0.25) is 0 Å². The van der Waals surface area contributed by atoms with E-state index < -0.39 is 0 Å². The van der Waals surface area contributed by atoms with Crippen molar-refractivity contribution in [2.45, 2.75) is 13.0 Å². The van der Waals surface area contributed by atoms with Gasteiger partial charge in [-0.2, -0.15) is 10.1 Å². The minimum absolute atomic E-state index is 0.178. The summed E-state index contributed by atoms with van der Waals surface area (Å²) in [5.74, 6) is 0.172. The topological polar surface area (TPSA) is 59.0 Å². The van der Waals surface area contributed by atoms with Gasteiger partial charge >= 0.3 is 0 Å². The van der Waals surface area contributed by atoms with Gasteiger partial charge in [0.1, 0.15) is 12.4 Å². The molecule has 4 atom stereocenters. The minimum atomic E-state index is -0.243. The number of nitrogens with zero attached hydrogens (tertiary/aromatic N) is 2. The molecule has 5 nitrogen and oxygen atoms in total. The van der Waals surface area contributed by atoms with Crippen LogP contribution in [0.5, 0.6) is 5.75 Å². The van der Waals surface area contributed by atoms with E-state index in [1.807, 2.05) is 36.4 Å². The van der Waals surface area contributed by atoms with Crippen molar-refractivity contribution in [1.82, 2.24) is 5.01 Å². The zero-order valence-corrected chi connectivity index (χ0v) is 20.9. The van der Waals surface area contributed by atoms with E-state index in [1.165, 1.54) is 0 Å². The maximum atomic E-state index is 12.8. The Bertz CT molecular complexity index is 1080. The normalized spacial score (nSPS) is 26.4. The first-order valence-corrected chi connectivity index (χ1v) is 12.3. The second-order valence-electron chi connectivity index (χ2n) is 7.96. The number of carbonyl (C=O) groups excluding carboxylic acids is 2.